The molecule has 8 nitrogen and oxygen atoms in total. The monoisotopic (exact) mass is 434 g/mol. The molecule has 0 aliphatic carbocycles. The molecule has 3 rings (SSSR count). The normalized spacial score (nSPS) is 13.0. The van der Waals surface area contributed by atoms with Gasteiger partial charge < -0.3 is 15.9 Å². The van der Waals surface area contributed by atoms with E-state index in [4.69, 9.17) is 10.6 Å². The lowest BCUT2D eigenvalue weighted by molar-refractivity contribution is -0.126. The Balaban J connectivity index is 1.60. The van der Waals surface area contributed by atoms with Gasteiger partial charge in [-0.3, -0.25) is 4.79 Å². The minimum Gasteiger partial charge on any atom is -0.381 e. The summed E-state index contributed by atoms with van der Waals surface area (Å²) >= 11 is 0. The molecule has 168 valence electrons. The van der Waals surface area contributed by atoms with Crippen LogP contribution < -0.4 is 11.1 Å². The van der Waals surface area contributed by atoms with E-state index in [2.05, 4.69) is 41.3 Å². The second kappa shape index (κ2) is 9.21. The number of nitrogens with one attached hydrogen (secondary N) is 1. The van der Waals surface area contributed by atoms with E-state index in [1.165, 1.54) is 5.56 Å². The predicted molar refractivity (Wildman–Crippen MR) is 126 cm³/mol. The van der Waals surface area contributed by atoms with Crippen molar-refractivity contribution in [3.05, 3.63) is 71.2 Å². The van der Waals surface area contributed by atoms with Gasteiger partial charge in [0, 0.05) is 23.1 Å². The summed E-state index contributed by atoms with van der Waals surface area (Å²) < 4.78 is 1.75. The summed E-state index contributed by atoms with van der Waals surface area (Å²) in [5.74, 6) is 0.493. The van der Waals surface area contributed by atoms with Gasteiger partial charge in [-0.1, -0.05) is 38.1 Å². The Labute approximate surface area is 188 Å². The summed E-state index contributed by atoms with van der Waals surface area (Å²) in [5, 5.41) is 11.1. The molecule has 0 saturated heterocycles. The number of nitrogens with two attached hydrogens (primary N) is 1. The van der Waals surface area contributed by atoms with Crippen LogP contribution in [-0.2, 0) is 15.0 Å². The highest BCUT2D eigenvalue weighted by molar-refractivity contribution is 5.97. The molecule has 1 aromatic carbocycles. The van der Waals surface area contributed by atoms with Crippen molar-refractivity contribution in [3.8, 4) is 5.82 Å². The minimum atomic E-state index is -0.822. The molecule has 8 heteroatoms. The Morgan fingerprint density at radius 2 is 1.84 bits per heavy atom. The van der Waals surface area contributed by atoms with E-state index in [9.17, 15) is 4.79 Å². The predicted octanol–water partition coefficient (Wildman–Crippen LogP) is 3.85. The number of amides is 1. The molecule has 0 spiro atoms. The smallest absolute Gasteiger partial charge is 0.267 e. The molecule has 0 bridgehead atoms. The number of aryl methyl sites for hydroxylation is 2. The first-order valence-corrected chi connectivity index (χ1v) is 10.5. The van der Waals surface area contributed by atoms with E-state index >= 15 is 0 Å². The first-order valence-electron chi connectivity index (χ1n) is 10.5. The Morgan fingerprint density at radius 3 is 2.38 bits per heavy atom. The van der Waals surface area contributed by atoms with Crippen molar-refractivity contribution < 1.29 is 9.63 Å². The fraction of sp³-hybridized carbons (Fsp3) is 0.333. The van der Waals surface area contributed by atoms with Gasteiger partial charge in [0.05, 0.1) is 5.69 Å². The van der Waals surface area contributed by atoms with E-state index in [-0.39, 0.29) is 17.2 Å². The average molecular weight is 435 g/mol. The number of carbonyl (C=O) groups excluding carboxylic acids is 1. The van der Waals surface area contributed by atoms with Crippen molar-refractivity contribution >= 4 is 17.4 Å². The van der Waals surface area contributed by atoms with Crippen LogP contribution in [0.1, 0.15) is 50.2 Å². The van der Waals surface area contributed by atoms with Crippen molar-refractivity contribution in [2.45, 2.75) is 53.1 Å². The largest absolute Gasteiger partial charge is 0.381 e. The molecule has 0 aliphatic rings. The molecule has 1 atom stereocenters. The number of amidine groups is 1. The third kappa shape index (κ3) is 5.51. The fourth-order valence-corrected chi connectivity index (χ4v) is 3.06. The average Bonchev–Trinajstić information content (AvgIpc) is 3.09. The molecule has 3 N–H and O–H groups in total. The number of anilines is 1. The zero-order chi connectivity index (χ0) is 23.5. The molecule has 0 radical (unpaired) electrons. The summed E-state index contributed by atoms with van der Waals surface area (Å²) in [4.78, 5) is 22.1. The quantitative estimate of drug-likeness (QED) is 0.348. The van der Waals surface area contributed by atoms with Crippen molar-refractivity contribution in [1.29, 1.82) is 0 Å². The highest BCUT2D eigenvalue weighted by Crippen LogP contribution is 2.23. The number of benzene rings is 1. The number of hydrogen-bond donors (Lipinski definition) is 2. The van der Waals surface area contributed by atoms with E-state index in [0.29, 0.717) is 17.1 Å². The van der Waals surface area contributed by atoms with Crippen molar-refractivity contribution in [1.82, 2.24) is 14.8 Å². The summed E-state index contributed by atoms with van der Waals surface area (Å²) in [5.41, 5.74) is 10.4. The molecule has 2 heterocycles. The molecule has 0 saturated carbocycles. The molecular weight excluding hydrogens is 404 g/mol. The van der Waals surface area contributed by atoms with Crippen LogP contribution >= 0.6 is 0 Å². The molecule has 3 aromatic rings. The zero-order valence-electron chi connectivity index (χ0n) is 19.4. The van der Waals surface area contributed by atoms with Crippen LogP contribution in [-0.4, -0.2) is 32.6 Å². The van der Waals surface area contributed by atoms with Gasteiger partial charge in [0.15, 0.2) is 11.7 Å². The Kier molecular flexibility index (Phi) is 6.62. The fourth-order valence-electron chi connectivity index (χ4n) is 3.06. The number of aromatic nitrogens is 3. The maximum absolute atomic E-state index is 12.4. The molecule has 0 fully saturated rings. The molecule has 1 amide bonds. The van der Waals surface area contributed by atoms with Gasteiger partial charge in [0.2, 0.25) is 6.10 Å². The molecule has 32 heavy (non-hydrogen) atoms. The van der Waals surface area contributed by atoms with Gasteiger partial charge in [0.25, 0.3) is 5.91 Å². The third-order valence-corrected chi connectivity index (χ3v) is 4.97. The summed E-state index contributed by atoms with van der Waals surface area (Å²) in [7, 11) is 0. The molecular formula is C24H30N6O2. The zero-order valence-corrected chi connectivity index (χ0v) is 19.4. The first-order chi connectivity index (χ1) is 15.0. The lowest BCUT2D eigenvalue weighted by Crippen LogP contribution is -2.27. The molecule has 1 unspecified atom stereocenters. The van der Waals surface area contributed by atoms with Crippen molar-refractivity contribution in [3.63, 3.8) is 0 Å². The van der Waals surface area contributed by atoms with Gasteiger partial charge in [-0.15, -0.1) is 0 Å². The maximum atomic E-state index is 12.4. The number of rotatable bonds is 6. The van der Waals surface area contributed by atoms with Crippen molar-refractivity contribution in [2.75, 3.05) is 5.32 Å². The molecule has 2 aromatic heterocycles. The number of carbonyl (C=O) groups is 1. The Bertz CT molecular complexity index is 1110. The Morgan fingerprint density at radius 1 is 1.16 bits per heavy atom. The van der Waals surface area contributed by atoms with Gasteiger partial charge in [0.1, 0.15) is 0 Å². The van der Waals surface area contributed by atoms with E-state index in [0.717, 1.165) is 11.4 Å². The van der Waals surface area contributed by atoms with Crippen LogP contribution in [0.25, 0.3) is 5.82 Å². The number of oxime groups is 1. The number of pyridine rings is 1. The van der Waals surface area contributed by atoms with Crippen molar-refractivity contribution in [2.24, 2.45) is 10.9 Å². The lowest BCUT2D eigenvalue weighted by atomic mass is 9.87. The topological polar surface area (TPSA) is 107 Å². The van der Waals surface area contributed by atoms with Gasteiger partial charge in [-0.05, 0) is 62.1 Å². The van der Waals surface area contributed by atoms with E-state index in [1.54, 1.807) is 29.9 Å². The van der Waals surface area contributed by atoms with Crippen LogP contribution in [0.15, 0.2) is 53.8 Å². The SMILES string of the molecule is Cc1cc(C)n(-c2ccc(C(N)=NOC(C)C(=O)Nc3ccc(C(C)(C)C)cc3)cn2)n1. The summed E-state index contributed by atoms with van der Waals surface area (Å²) in [6, 6.07) is 13.3. The highest BCUT2D eigenvalue weighted by atomic mass is 16.6. The first kappa shape index (κ1) is 23.0. The standard InChI is InChI=1S/C24H30N6O2/c1-15-13-16(2)30(28-15)21-12-7-18(14-26-21)22(25)29-32-17(3)23(31)27-20-10-8-19(9-11-20)24(4,5)6/h7-14,17H,1-6H3,(H2,25,29)(H,27,31). The van der Waals surface area contributed by atoms with Crippen LogP contribution in [0.2, 0.25) is 0 Å². The van der Waals surface area contributed by atoms with Crippen LogP contribution in [0.4, 0.5) is 5.69 Å². The molecule has 0 aliphatic heterocycles. The Hall–Kier alpha value is -3.68. The van der Waals surface area contributed by atoms with E-state index in [1.807, 2.05) is 44.2 Å². The second-order valence-corrected chi connectivity index (χ2v) is 8.78. The second-order valence-electron chi connectivity index (χ2n) is 8.78. The third-order valence-electron chi connectivity index (χ3n) is 4.97. The maximum Gasteiger partial charge on any atom is 0.267 e. The van der Waals surface area contributed by atoms with Gasteiger partial charge in [-0.2, -0.15) is 5.10 Å². The van der Waals surface area contributed by atoms with Crippen LogP contribution in [0.5, 0.6) is 0 Å². The van der Waals surface area contributed by atoms with E-state index < -0.39 is 6.10 Å². The summed E-state index contributed by atoms with van der Waals surface area (Å²) in [6.45, 7) is 11.9. The highest BCUT2D eigenvalue weighted by Gasteiger charge is 2.17. The minimum absolute atomic E-state index is 0.0500. The van der Waals surface area contributed by atoms with Crippen LogP contribution in [0, 0.1) is 13.8 Å². The van der Waals surface area contributed by atoms with Gasteiger partial charge in [-0.25, -0.2) is 9.67 Å². The van der Waals surface area contributed by atoms with Gasteiger partial charge >= 0.3 is 0 Å². The lowest BCUT2D eigenvalue weighted by Gasteiger charge is -2.19. The summed E-state index contributed by atoms with van der Waals surface area (Å²) in [6.07, 6.45) is 0.771. The number of nitrogens with zero attached hydrogens (tertiary/aromatic N) is 4. The number of hydrogen-bond acceptors (Lipinski definition) is 5. The van der Waals surface area contributed by atoms with Crippen LogP contribution in [0.3, 0.4) is 0 Å².